The number of hydrogen-bond donors (Lipinski definition) is 1. The largest absolute Gasteiger partial charge is 0.313 e. The van der Waals surface area contributed by atoms with E-state index in [0.29, 0.717) is 12.5 Å². The molecule has 0 aromatic rings. The highest BCUT2D eigenvalue weighted by Crippen LogP contribution is 2.17. The highest BCUT2D eigenvalue weighted by atomic mass is 14.9. The molecule has 0 radical (unpaired) electrons. The molecule has 10 heavy (non-hydrogen) atoms. The Balaban J connectivity index is 1.97. The zero-order valence-corrected chi connectivity index (χ0v) is 6.27. The van der Waals surface area contributed by atoms with Crippen LogP contribution in [-0.2, 0) is 0 Å². The van der Waals surface area contributed by atoms with Gasteiger partial charge < -0.3 is 5.32 Å². The maximum Gasteiger partial charge on any atom is 0.0635 e. The maximum atomic E-state index is 8.25. The Kier molecular flexibility index (Phi) is 3.25. The summed E-state index contributed by atoms with van der Waals surface area (Å²) in [5.41, 5.74) is 0. The molecule has 1 aliphatic rings. The summed E-state index contributed by atoms with van der Waals surface area (Å²) in [5.74, 6) is 0. The van der Waals surface area contributed by atoms with E-state index in [2.05, 4.69) is 11.4 Å². The standard InChI is InChI=1S/C8H14N2/c9-6-3-7-10-8-4-1-2-5-8/h8,10H,1-5,7H2. The van der Waals surface area contributed by atoms with Crippen molar-refractivity contribution in [3.63, 3.8) is 0 Å². The molecule has 1 aliphatic carbocycles. The first-order valence-electron chi connectivity index (χ1n) is 4.04. The summed E-state index contributed by atoms with van der Waals surface area (Å²) < 4.78 is 0. The number of nitriles is 1. The van der Waals surface area contributed by atoms with E-state index in [1.807, 2.05) is 0 Å². The summed E-state index contributed by atoms with van der Waals surface area (Å²) in [6.45, 7) is 0.876. The smallest absolute Gasteiger partial charge is 0.0635 e. The monoisotopic (exact) mass is 138 g/mol. The summed E-state index contributed by atoms with van der Waals surface area (Å²) in [5, 5.41) is 11.6. The van der Waals surface area contributed by atoms with Gasteiger partial charge in [-0.3, -0.25) is 0 Å². The molecule has 0 aromatic heterocycles. The van der Waals surface area contributed by atoms with Gasteiger partial charge in [-0.25, -0.2) is 0 Å². The van der Waals surface area contributed by atoms with Gasteiger partial charge in [0.1, 0.15) is 0 Å². The van der Waals surface area contributed by atoms with Gasteiger partial charge >= 0.3 is 0 Å². The molecular weight excluding hydrogens is 124 g/mol. The molecule has 1 rings (SSSR count). The molecule has 1 N–H and O–H groups in total. The summed E-state index contributed by atoms with van der Waals surface area (Å²) in [6, 6.07) is 2.85. The fraction of sp³-hybridized carbons (Fsp3) is 0.875. The first-order chi connectivity index (χ1) is 4.93. The van der Waals surface area contributed by atoms with Crippen molar-refractivity contribution in [2.75, 3.05) is 6.54 Å². The van der Waals surface area contributed by atoms with Crippen LogP contribution in [0.25, 0.3) is 0 Å². The van der Waals surface area contributed by atoms with Gasteiger partial charge in [0, 0.05) is 19.0 Å². The number of nitrogens with one attached hydrogen (secondary N) is 1. The minimum absolute atomic E-state index is 0.649. The Hall–Kier alpha value is -0.550. The van der Waals surface area contributed by atoms with Crippen LogP contribution in [0.1, 0.15) is 32.1 Å². The van der Waals surface area contributed by atoms with Gasteiger partial charge in [-0.2, -0.15) is 5.26 Å². The first kappa shape index (κ1) is 7.56. The lowest BCUT2D eigenvalue weighted by Crippen LogP contribution is -2.26. The maximum absolute atomic E-state index is 8.25. The summed E-state index contributed by atoms with van der Waals surface area (Å²) in [4.78, 5) is 0. The van der Waals surface area contributed by atoms with Crippen LogP contribution in [0.2, 0.25) is 0 Å². The summed E-state index contributed by atoms with van der Waals surface area (Å²) in [6.07, 6.45) is 6.00. The van der Waals surface area contributed by atoms with Crippen LogP contribution in [0, 0.1) is 11.3 Å². The van der Waals surface area contributed by atoms with E-state index in [4.69, 9.17) is 5.26 Å². The molecule has 0 spiro atoms. The van der Waals surface area contributed by atoms with Crippen molar-refractivity contribution in [2.45, 2.75) is 38.1 Å². The van der Waals surface area contributed by atoms with Gasteiger partial charge in [-0.15, -0.1) is 0 Å². The summed E-state index contributed by atoms with van der Waals surface area (Å²) >= 11 is 0. The highest BCUT2D eigenvalue weighted by Gasteiger charge is 2.12. The molecule has 0 unspecified atom stereocenters. The zero-order chi connectivity index (χ0) is 7.23. The van der Waals surface area contributed by atoms with Crippen LogP contribution >= 0.6 is 0 Å². The average Bonchev–Trinajstić information content (AvgIpc) is 2.41. The predicted octanol–water partition coefficient (Wildman–Crippen LogP) is 1.43. The van der Waals surface area contributed by atoms with Gasteiger partial charge in [0.25, 0.3) is 0 Å². The van der Waals surface area contributed by atoms with Crippen molar-refractivity contribution in [1.82, 2.24) is 5.32 Å². The van der Waals surface area contributed by atoms with E-state index >= 15 is 0 Å². The average molecular weight is 138 g/mol. The zero-order valence-electron chi connectivity index (χ0n) is 6.27. The second-order valence-electron chi connectivity index (χ2n) is 2.84. The Morgan fingerprint density at radius 2 is 2.10 bits per heavy atom. The Bertz CT molecular complexity index is 120. The molecule has 56 valence electrons. The Morgan fingerprint density at radius 1 is 1.40 bits per heavy atom. The van der Waals surface area contributed by atoms with E-state index in [-0.39, 0.29) is 0 Å². The van der Waals surface area contributed by atoms with Crippen molar-refractivity contribution >= 4 is 0 Å². The molecule has 1 saturated carbocycles. The fourth-order valence-corrected chi connectivity index (χ4v) is 1.46. The molecule has 0 amide bonds. The summed E-state index contributed by atoms with van der Waals surface area (Å²) in [7, 11) is 0. The SMILES string of the molecule is N#CCCNC1CCCC1. The van der Waals surface area contributed by atoms with Crippen LogP contribution < -0.4 is 5.32 Å². The van der Waals surface area contributed by atoms with Crippen molar-refractivity contribution < 1.29 is 0 Å². The highest BCUT2D eigenvalue weighted by molar-refractivity contribution is 4.76. The van der Waals surface area contributed by atoms with Gasteiger partial charge in [0.15, 0.2) is 0 Å². The number of rotatable bonds is 3. The molecule has 0 atom stereocenters. The minimum atomic E-state index is 0.649. The Labute approximate surface area is 62.2 Å². The molecule has 0 aromatic carbocycles. The molecule has 0 heterocycles. The number of nitrogens with zero attached hydrogens (tertiary/aromatic N) is 1. The Morgan fingerprint density at radius 3 is 2.70 bits per heavy atom. The third kappa shape index (κ3) is 2.36. The third-order valence-corrected chi connectivity index (χ3v) is 2.02. The minimum Gasteiger partial charge on any atom is -0.313 e. The molecule has 1 fully saturated rings. The number of hydrogen-bond acceptors (Lipinski definition) is 2. The molecule has 0 saturated heterocycles. The van der Waals surface area contributed by atoms with E-state index in [1.165, 1.54) is 25.7 Å². The molecule has 0 aliphatic heterocycles. The predicted molar refractivity (Wildman–Crippen MR) is 40.5 cm³/mol. The fourth-order valence-electron chi connectivity index (χ4n) is 1.46. The molecule has 2 nitrogen and oxygen atoms in total. The second-order valence-corrected chi connectivity index (χ2v) is 2.84. The van der Waals surface area contributed by atoms with Crippen LogP contribution in [0.3, 0.4) is 0 Å². The molecular formula is C8H14N2. The quantitative estimate of drug-likeness (QED) is 0.599. The lowest BCUT2D eigenvalue weighted by molar-refractivity contribution is 0.532. The normalized spacial score (nSPS) is 19.1. The second kappa shape index (κ2) is 4.29. The van der Waals surface area contributed by atoms with E-state index in [9.17, 15) is 0 Å². The van der Waals surface area contributed by atoms with E-state index in [1.54, 1.807) is 0 Å². The lowest BCUT2D eigenvalue weighted by Gasteiger charge is -2.08. The third-order valence-electron chi connectivity index (χ3n) is 2.02. The van der Waals surface area contributed by atoms with Crippen molar-refractivity contribution in [3.05, 3.63) is 0 Å². The van der Waals surface area contributed by atoms with Crippen molar-refractivity contribution in [2.24, 2.45) is 0 Å². The van der Waals surface area contributed by atoms with Gasteiger partial charge in [0.05, 0.1) is 6.07 Å². The van der Waals surface area contributed by atoms with Crippen LogP contribution in [0.5, 0.6) is 0 Å². The van der Waals surface area contributed by atoms with Gasteiger partial charge in [-0.1, -0.05) is 12.8 Å². The van der Waals surface area contributed by atoms with Gasteiger partial charge in [-0.05, 0) is 12.8 Å². The van der Waals surface area contributed by atoms with Crippen molar-refractivity contribution in [1.29, 1.82) is 5.26 Å². The molecule has 2 heteroatoms. The topological polar surface area (TPSA) is 35.8 Å². The van der Waals surface area contributed by atoms with Crippen LogP contribution in [0.15, 0.2) is 0 Å². The first-order valence-corrected chi connectivity index (χ1v) is 4.04. The van der Waals surface area contributed by atoms with Crippen LogP contribution in [0.4, 0.5) is 0 Å². The van der Waals surface area contributed by atoms with E-state index in [0.717, 1.165) is 6.54 Å². The van der Waals surface area contributed by atoms with Crippen molar-refractivity contribution in [3.8, 4) is 6.07 Å². The van der Waals surface area contributed by atoms with Gasteiger partial charge in [0.2, 0.25) is 0 Å². The lowest BCUT2D eigenvalue weighted by atomic mass is 10.2. The molecule has 0 bridgehead atoms. The van der Waals surface area contributed by atoms with E-state index < -0.39 is 0 Å². The van der Waals surface area contributed by atoms with Crippen LogP contribution in [-0.4, -0.2) is 12.6 Å².